The van der Waals surface area contributed by atoms with Gasteiger partial charge in [-0.3, -0.25) is 0 Å². The fourth-order valence-electron chi connectivity index (χ4n) is 0.971. The predicted octanol–water partition coefficient (Wildman–Crippen LogP) is 3.55. The van der Waals surface area contributed by atoms with Gasteiger partial charge in [0.15, 0.2) is 0 Å². The van der Waals surface area contributed by atoms with E-state index in [9.17, 15) is 0 Å². The van der Waals surface area contributed by atoms with Gasteiger partial charge in [-0.2, -0.15) is 0 Å². The molecule has 1 aromatic rings. The van der Waals surface area contributed by atoms with Crippen molar-refractivity contribution in [2.24, 2.45) is 0 Å². The second-order valence-corrected chi connectivity index (χ2v) is 5.07. The maximum atomic E-state index is 5.45. The van der Waals surface area contributed by atoms with Crippen molar-refractivity contribution < 1.29 is 4.74 Å². The summed E-state index contributed by atoms with van der Waals surface area (Å²) in [5, 5.41) is 0. The predicted molar refractivity (Wildman–Crippen MR) is 72.4 cm³/mol. The highest BCUT2D eigenvalue weighted by Crippen LogP contribution is 2.14. The molecule has 0 saturated heterocycles. The molecule has 0 spiro atoms. The Labute approximate surface area is 107 Å². The summed E-state index contributed by atoms with van der Waals surface area (Å²) < 4.78 is 7.82. The third-order valence-corrected chi connectivity index (χ3v) is 3.33. The van der Waals surface area contributed by atoms with Crippen LogP contribution in [0.5, 0.6) is 0 Å². The molecule has 3 heteroatoms. The number of halogens is 2. The number of hydrogen-bond acceptors (Lipinski definition) is 1. The van der Waals surface area contributed by atoms with Gasteiger partial charge in [0.2, 0.25) is 0 Å². The topological polar surface area (TPSA) is 9.23 Å². The summed E-state index contributed by atoms with van der Waals surface area (Å²) in [7, 11) is 0. The maximum Gasteiger partial charge on any atom is 0.0717 e. The van der Waals surface area contributed by atoms with Crippen molar-refractivity contribution in [1.29, 1.82) is 0 Å². The molecule has 0 amide bonds. The van der Waals surface area contributed by atoms with E-state index < -0.39 is 0 Å². The molecule has 0 saturated carbocycles. The van der Waals surface area contributed by atoms with Gasteiger partial charge in [-0.05, 0) is 46.7 Å². The van der Waals surface area contributed by atoms with E-state index in [0.717, 1.165) is 17.6 Å². The van der Waals surface area contributed by atoms with Crippen molar-refractivity contribution >= 4 is 45.2 Å². The lowest BCUT2D eigenvalue weighted by Gasteiger charge is -2.04. The molecule has 0 aromatic heterocycles. The maximum absolute atomic E-state index is 5.45. The molecular weight excluding hydrogens is 390 g/mol. The smallest absolute Gasteiger partial charge is 0.0717 e. The first-order valence-corrected chi connectivity index (χ1v) is 6.73. The SMILES string of the molecule is Cc1ccc(COCCI)cc1I. The Morgan fingerprint density at radius 2 is 2.15 bits per heavy atom. The lowest BCUT2D eigenvalue weighted by Crippen LogP contribution is -1.96. The minimum atomic E-state index is 0.735. The first kappa shape index (κ1) is 11.7. The summed E-state index contributed by atoms with van der Waals surface area (Å²) in [6.45, 7) is 3.70. The van der Waals surface area contributed by atoms with Crippen LogP contribution in [0.3, 0.4) is 0 Å². The summed E-state index contributed by atoms with van der Waals surface area (Å²) >= 11 is 4.67. The lowest BCUT2D eigenvalue weighted by atomic mass is 10.2. The molecule has 1 nitrogen and oxygen atoms in total. The van der Waals surface area contributed by atoms with Gasteiger partial charge in [-0.1, -0.05) is 34.7 Å². The van der Waals surface area contributed by atoms with Gasteiger partial charge in [0.05, 0.1) is 13.2 Å². The van der Waals surface area contributed by atoms with Gasteiger partial charge in [-0.15, -0.1) is 0 Å². The molecule has 72 valence electrons. The number of ether oxygens (including phenoxy) is 1. The van der Waals surface area contributed by atoms with Gasteiger partial charge in [0, 0.05) is 8.00 Å². The lowest BCUT2D eigenvalue weighted by molar-refractivity contribution is 0.138. The summed E-state index contributed by atoms with van der Waals surface area (Å²) in [6, 6.07) is 6.46. The third-order valence-electron chi connectivity index (χ3n) is 1.73. The molecule has 0 heterocycles. The normalized spacial score (nSPS) is 10.4. The first-order chi connectivity index (χ1) is 6.24. The summed E-state index contributed by atoms with van der Waals surface area (Å²) in [4.78, 5) is 0. The molecule has 0 fully saturated rings. The minimum absolute atomic E-state index is 0.735. The molecule has 0 unspecified atom stereocenters. The van der Waals surface area contributed by atoms with Crippen LogP contribution in [0.1, 0.15) is 11.1 Å². The molecule has 13 heavy (non-hydrogen) atoms. The number of aryl methyl sites for hydroxylation is 1. The first-order valence-electron chi connectivity index (χ1n) is 4.13. The minimum Gasteiger partial charge on any atom is -0.376 e. The van der Waals surface area contributed by atoms with Gasteiger partial charge in [0.1, 0.15) is 0 Å². The Kier molecular flexibility index (Phi) is 5.57. The highest BCUT2D eigenvalue weighted by molar-refractivity contribution is 14.1. The fourth-order valence-corrected chi connectivity index (χ4v) is 1.86. The van der Waals surface area contributed by atoms with E-state index >= 15 is 0 Å². The average Bonchev–Trinajstić information content (AvgIpc) is 2.12. The van der Waals surface area contributed by atoms with Gasteiger partial charge in [0.25, 0.3) is 0 Å². The summed E-state index contributed by atoms with van der Waals surface area (Å²) in [5.74, 6) is 0. The van der Waals surface area contributed by atoms with E-state index in [4.69, 9.17) is 4.74 Å². The molecule has 0 radical (unpaired) electrons. The largest absolute Gasteiger partial charge is 0.376 e. The molecule has 0 atom stereocenters. The number of alkyl halides is 1. The van der Waals surface area contributed by atoms with Crippen molar-refractivity contribution in [1.82, 2.24) is 0 Å². The molecule has 1 rings (SSSR count). The van der Waals surface area contributed by atoms with E-state index in [1.807, 2.05) is 0 Å². The number of hydrogen-bond donors (Lipinski definition) is 0. The second-order valence-electron chi connectivity index (χ2n) is 2.83. The molecule has 0 aliphatic heterocycles. The molecular formula is C10H12I2O. The van der Waals surface area contributed by atoms with Crippen LogP contribution in [-0.4, -0.2) is 11.0 Å². The van der Waals surface area contributed by atoms with Crippen molar-refractivity contribution in [3.8, 4) is 0 Å². The molecule has 0 N–H and O–H groups in total. The van der Waals surface area contributed by atoms with Crippen LogP contribution in [0, 0.1) is 10.5 Å². The zero-order valence-corrected chi connectivity index (χ0v) is 11.8. The summed E-state index contributed by atoms with van der Waals surface area (Å²) in [5.41, 5.74) is 2.60. The van der Waals surface area contributed by atoms with Crippen LogP contribution >= 0.6 is 45.2 Å². The average molecular weight is 402 g/mol. The highest BCUT2D eigenvalue weighted by Gasteiger charge is 1.97. The van der Waals surface area contributed by atoms with E-state index in [1.165, 1.54) is 14.7 Å². The Balaban J connectivity index is 2.53. The monoisotopic (exact) mass is 402 g/mol. The van der Waals surface area contributed by atoms with Crippen LogP contribution < -0.4 is 0 Å². The van der Waals surface area contributed by atoms with Crippen molar-refractivity contribution in [3.05, 3.63) is 32.9 Å². The van der Waals surface area contributed by atoms with Gasteiger partial charge in [-0.25, -0.2) is 0 Å². The van der Waals surface area contributed by atoms with Gasteiger partial charge >= 0.3 is 0 Å². The van der Waals surface area contributed by atoms with Crippen molar-refractivity contribution in [2.75, 3.05) is 11.0 Å². The molecule has 0 aliphatic rings. The van der Waals surface area contributed by atoms with Crippen LogP contribution in [-0.2, 0) is 11.3 Å². The summed E-state index contributed by atoms with van der Waals surface area (Å²) in [6.07, 6.45) is 0. The third kappa shape index (κ3) is 4.12. The van der Waals surface area contributed by atoms with E-state index in [0.29, 0.717) is 0 Å². The van der Waals surface area contributed by atoms with Gasteiger partial charge < -0.3 is 4.74 Å². The zero-order valence-electron chi connectivity index (χ0n) is 7.52. The molecule has 1 aromatic carbocycles. The van der Waals surface area contributed by atoms with Crippen LogP contribution in [0.25, 0.3) is 0 Å². The number of rotatable bonds is 4. The molecule has 0 bridgehead atoms. The molecule has 0 aliphatic carbocycles. The van der Waals surface area contributed by atoms with Crippen molar-refractivity contribution in [3.63, 3.8) is 0 Å². The van der Waals surface area contributed by atoms with Crippen LogP contribution in [0.4, 0.5) is 0 Å². The number of benzene rings is 1. The van der Waals surface area contributed by atoms with E-state index in [-0.39, 0.29) is 0 Å². The fraction of sp³-hybridized carbons (Fsp3) is 0.400. The van der Waals surface area contributed by atoms with E-state index in [1.54, 1.807) is 0 Å². The van der Waals surface area contributed by atoms with E-state index in [2.05, 4.69) is 70.3 Å². The second kappa shape index (κ2) is 6.19. The highest BCUT2D eigenvalue weighted by atomic mass is 127. The van der Waals surface area contributed by atoms with Crippen LogP contribution in [0.15, 0.2) is 18.2 Å². The Bertz CT molecular complexity index is 274. The standard InChI is InChI=1S/C10H12I2O/c1-8-2-3-9(6-10(8)12)7-13-5-4-11/h2-3,6H,4-5,7H2,1H3. The van der Waals surface area contributed by atoms with Crippen LogP contribution in [0.2, 0.25) is 0 Å². The Hall–Kier alpha value is 0.640. The quantitative estimate of drug-likeness (QED) is 0.426. The Morgan fingerprint density at radius 3 is 2.77 bits per heavy atom. The zero-order chi connectivity index (χ0) is 9.68. The Morgan fingerprint density at radius 1 is 1.38 bits per heavy atom. The van der Waals surface area contributed by atoms with Crippen molar-refractivity contribution in [2.45, 2.75) is 13.5 Å².